The second-order valence-electron chi connectivity index (χ2n) is 4.43. The van der Waals surface area contributed by atoms with E-state index in [4.69, 9.17) is 4.79 Å². The third-order valence-corrected chi connectivity index (χ3v) is 2.88. The zero-order valence-corrected chi connectivity index (χ0v) is 16.1. The van der Waals surface area contributed by atoms with E-state index >= 15 is 0 Å². The first-order valence-corrected chi connectivity index (χ1v) is 8.15. The lowest BCUT2D eigenvalue weighted by atomic mass is 10.2. The van der Waals surface area contributed by atoms with Gasteiger partial charge >= 0.3 is 5.97 Å². The summed E-state index contributed by atoms with van der Waals surface area (Å²) in [6.07, 6.45) is 10.8. The zero-order chi connectivity index (χ0) is 20.4. The molecule has 0 unspecified atom stereocenters. The number of rotatable bonds is 4. The van der Waals surface area contributed by atoms with E-state index in [2.05, 4.69) is 53.7 Å². The summed E-state index contributed by atoms with van der Waals surface area (Å²) in [7, 11) is 1.36. The number of methoxy groups -OCH3 is 1. The second-order valence-corrected chi connectivity index (χ2v) is 4.43. The molecule has 0 aliphatic carbocycles. The molecule has 4 nitrogen and oxygen atoms in total. The first-order valence-electron chi connectivity index (χ1n) is 8.15. The Balaban J connectivity index is 0. The van der Waals surface area contributed by atoms with E-state index in [1.807, 2.05) is 51.2 Å². The average Bonchev–Trinajstić information content (AvgIpc) is 3.19. The maximum Gasteiger partial charge on any atom is 0.330 e. The standard InChI is InChI=1S/C17H17NO2.C2H6.C2H4.CH2O/c1-14-7-9-16(10-8-14)18-12-11-15(13-18)5-3-4-6-17(19)20-2;3*1-2/h3-13H,1-2H3;1-2H3;1-2H2;1H2/b5-3+,6-4+;;;. The van der Waals surface area contributed by atoms with Gasteiger partial charge < -0.3 is 14.1 Å². The summed E-state index contributed by atoms with van der Waals surface area (Å²) in [4.78, 5) is 18.9. The van der Waals surface area contributed by atoms with Crippen LogP contribution >= 0.6 is 0 Å². The van der Waals surface area contributed by atoms with Crippen molar-refractivity contribution in [1.82, 2.24) is 4.57 Å². The van der Waals surface area contributed by atoms with Gasteiger partial charge in [0.25, 0.3) is 0 Å². The molecule has 2 aromatic rings. The normalized spacial score (nSPS) is 9.23. The molecular formula is C22H29NO3. The molecule has 1 aromatic carbocycles. The van der Waals surface area contributed by atoms with Crippen LogP contribution in [0.25, 0.3) is 11.8 Å². The molecule has 4 heteroatoms. The van der Waals surface area contributed by atoms with Crippen LogP contribution in [0.15, 0.2) is 74.1 Å². The van der Waals surface area contributed by atoms with Crippen molar-refractivity contribution in [3.8, 4) is 5.69 Å². The van der Waals surface area contributed by atoms with Crippen LogP contribution < -0.4 is 0 Å². The highest BCUT2D eigenvalue weighted by Crippen LogP contribution is 2.12. The lowest BCUT2D eigenvalue weighted by Gasteiger charge is -2.02. The fraction of sp³-hybridized carbons (Fsp3) is 0.182. The Morgan fingerprint density at radius 2 is 1.62 bits per heavy atom. The monoisotopic (exact) mass is 355 g/mol. The quantitative estimate of drug-likeness (QED) is 0.329. The number of aromatic nitrogens is 1. The molecule has 1 aromatic heterocycles. The number of allylic oxidation sites excluding steroid dienone is 2. The Hall–Kier alpha value is -3.14. The third-order valence-electron chi connectivity index (χ3n) is 2.88. The third kappa shape index (κ3) is 9.88. The van der Waals surface area contributed by atoms with E-state index in [9.17, 15) is 4.79 Å². The zero-order valence-electron chi connectivity index (χ0n) is 16.1. The van der Waals surface area contributed by atoms with E-state index in [1.54, 1.807) is 6.08 Å². The van der Waals surface area contributed by atoms with Gasteiger partial charge in [-0.05, 0) is 30.7 Å². The molecule has 0 atom stereocenters. The minimum Gasteiger partial charge on any atom is -0.466 e. The summed E-state index contributed by atoms with van der Waals surface area (Å²) < 4.78 is 6.57. The van der Waals surface area contributed by atoms with Crippen LogP contribution in [0.1, 0.15) is 25.0 Å². The smallest absolute Gasteiger partial charge is 0.330 e. The van der Waals surface area contributed by atoms with Crippen molar-refractivity contribution < 1.29 is 14.3 Å². The highest BCUT2D eigenvalue weighted by atomic mass is 16.5. The molecule has 1 heterocycles. The number of ether oxygens (including phenoxy) is 1. The largest absolute Gasteiger partial charge is 0.466 e. The summed E-state index contributed by atoms with van der Waals surface area (Å²) in [5.74, 6) is -0.355. The predicted octanol–water partition coefficient (Wildman–Crippen LogP) is 5.17. The Morgan fingerprint density at radius 1 is 1.04 bits per heavy atom. The molecule has 0 radical (unpaired) electrons. The maximum absolute atomic E-state index is 10.9. The molecule has 0 N–H and O–H groups in total. The Labute approximate surface area is 157 Å². The molecular weight excluding hydrogens is 326 g/mol. The summed E-state index contributed by atoms with van der Waals surface area (Å²) >= 11 is 0. The summed E-state index contributed by atoms with van der Waals surface area (Å²) in [6.45, 7) is 14.1. The molecule has 0 saturated heterocycles. The number of esters is 1. The molecule has 0 saturated carbocycles. The lowest BCUT2D eigenvalue weighted by molar-refractivity contribution is -0.134. The van der Waals surface area contributed by atoms with Crippen LogP contribution in [0.3, 0.4) is 0 Å². The van der Waals surface area contributed by atoms with Crippen molar-refractivity contribution >= 4 is 18.8 Å². The predicted molar refractivity (Wildman–Crippen MR) is 110 cm³/mol. The van der Waals surface area contributed by atoms with Gasteiger partial charge in [-0.3, -0.25) is 0 Å². The Bertz CT molecular complexity index is 665. The number of benzene rings is 1. The van der Waals surface area contributed by atoms with Gasteiger partial charge in [0.1, 0.15) is 6.79 Å². The Morgan fingerprint density at radius 3 is 2.15 bits per heavy atom. The van der Waals surface area contributed by atoms with Crippen LogP contribution in [0.5, 0.6) is 0 Å². The molecule has 0 spiro atoms. The summed E-state index contributed by atoms with van der Waals surface area (Å²) in [6, 6.07) is 10.4. The molecule has 0 amide bonds. The van der Waals surface area contributed by atoms with Crippen molar-refractivity contribution in [1.29, 1.82) is 0 Å². The minimum absolute atomic E-state index is 0.355. The minimum atomic E-state index is -0.355. The van der Waals surface area contributed by atoms with Crippen molar-refractivity contribution in [3.63, 3.8) is 0 Å². The molecule has 0 aliphatic heterocycles. The Kier molecular flexibility index (Phi) is 16.1. The molecule has 0 bridgehead atoms. The highest BCUT2D eigenvalue weighted by Gasteiger charge is 1.96. The van der Waals surface area contributed by atoms with Crippen molar-refractivity contribution in [3.05, 3.63) is 85.2 Å². The van der Waals surface area contributed by atoms with Crippen LogP contribution in [0.2, 0.25) is 0 Å². The van der Waals surface area contributed by atoms with Gasteiger partial charge in [0.2, 0.25) is 0 Å². The molecule has 140 valence electrons. The van der Waals surface area contributed by atoms with Gasteiger partial charge in [-0.1, -0.05) is 49.8 Å². The van der Waals surface area contributed by atoms with Gasteiger partial charge in [-0.15, -0.1) is 13.2 Å². The molecule has 0 fully saturated rings. The van der Waals surface area contributed by atoms with Crippen LogP contribution in [0, 0.1) is 6.92 Å². The van der Waals surface area contributed by atoms with Gasteiger partial charge in [0.05, 0.1) is 7.11 Å². The van der Waals surface area contributed by atoms with Gasteiger partial charge in [-0.2, -0.15) is 0 Å². The molecule has 26 heavy (non-hydrogen) atoms. The van der Waals surface area contributed by atoms with E-state index in [-0.39, 0.29) is 5.97 Å². The number of nitrogens with zero attached hydrogens (tertiary/aromatic N) is 1. The van der Waals surface area contributed by atoms with Gasteiger partial charge in [0, 0.05) is 24.2 Å². The summed E-state index contributed by atoms with van der Waals surface area (Å²) in [5.41, 5.74) is 3.44. The second kappa shape index (κ2) is 16.7. The lowest BCUT2D eigenvalue weighted by Crippen LogP contribution is -1.92. The summed E-state index contributed by atoms with van der Waals surface area (Å²) in [5, 5.41) is 0. The van der Waals surface area contributed by atoms with E-state index < -0.39 is 0 Å². The van der Waals surface area contributed by atoms with E-state index in [0.717, 1.165) is 11.3 Å². The average molecular weight is 355 g/mol. The first kappa shape index (κ1) is 25.1. The molecule has 0 aliphatic rings. The SMILES string of the molecule is C=C.C=O.CC.COC(=O)/C=C/C=C/c1ccn(-c2ccc(C)cc2)c1. The van der Waals surface area contributed by atoms with Crippen LogP contribution in [-0.2, 0) is 14.3 Å². The number of aryl methyl sites for hydroxylation is 1. The highest BCUT2D eigenvalue weighted by molar-refractivity contribution is 5.82. The first-order chi connectivity index (χ1) is 12.7. The topological polar surface area (TPSA) is 48.3 Å². The van der Waals surface area contributed by atoms with Crippen molar-refractivity contribution in [2.75, 3.05) is 7.11 Å². The fourth-order valence-corrected chi connectivity index (χ4v) is 1.76. The van der Waals surface area contributed by atoms with E-state index in [1.165, 1.54) is 18.7 Å². The van der Waals surface area contributed by atoms with E-state index in [0.29, 0.717) is 0 Å². The molecule has 2 rings (SSSR count). The van der Waals surface area contributed by atoms with Gasteiger partial charge in [0.15, 0.2) is 0 Å². The van der Waals surface area contributed by atoms with Crippen LogP contribution in [-0.4, -0.2) is 24.4 Å². The van der Waals surface area contributed by atoms with Crippen molar-refractivity contribution in [2.45, 2.75) is 20.8 Å². The number of hydrogen-bond donors (Lipinski definition) is 0. The van der Waals surface area contributed by atoms with Crippen molar-refractivity contribution in [2.24, 2.45) is 0 Å². The van der Waals surface area contributed by atoms with Crippen LogP contribution in [0.4, 0.5) is 0 Å². The fourth-order valence-electron chi connectivity index (χ4n) is 1.76. The number of carbonyl (C=O) groups excluding carboxylic acids is 2. The number of carbonyl (C=O) groups is 2. The number of hydrogen-bond acceptors (Lipinski definition) is 3. The van der Waals surface area contributed by atoms with Gasteiger partial charge in [-0.25, -0.2) is 4.79 Å². The maximum atomic E-state index is 10.9.